The Morgan fingerprint density at radius 3 is 2.46 bits per heavy atom. The first-order valence-electron chi connectivity index (χ1n) is 11.9. The van der Waals surface area contributed by atoms with Crippen LogP contribution in [0.5, 0.6) is 0 Å². The number of tetrazole rings is 1. The van der Waals surface area contributed by atoms with Crippen molar-refractivity contribution >= 4 is 21.6 Å². The van der Waals surface area contributed by atoms with Gasteiger partial charge in [0.2, 0.25) is 5.82 Å². The summed E-state index contributed by atoms with van der Waals surface area (Å²) in [6, 6.07) is 16.3. The first-order chi connectivity index (χ1) is 17.0. The molecule has 0 unspecified atom stereocenters. The number of aryl methyl sites for hydroxylation is 2. The highest BCUT2D eigenvalue weighted by Crippen LogP contribution is 2.33. The minimum Gasteiger partial charge on any atom is -0.291 e. The van der Waals surface area contributed by atoms with Gasteiger partial charge in [-0.2, -0.15) is 5.21 Å². The third kappa shape index (κ3) is 4.30. The highest BCUT2D eigenvalue weighted by Gasteiger charge is 2.19. The van der Waals surface area contributed by atoms with Crippen molar-refractivity contribution in [1.29, 1.82) is 0 Å². The normalized spacial score (nSPS) is 11.6. The number of rotatable bonds is 7. The van der Waals surface area contributed by atoms with Crippen LogP contribution >= 0.6 is 11.3 Å². The second-order valence-corrected chi connectivity index (χ2v) is 10.1. The van der Waals surface area contributed by atoms with Crippen LogP contribution in [0.25, 0.3) is 32.7 Å². The molecule has 3 aromatic heterocycles. The van der Waals surface area contributed by atoms with Gasteiger partial charge in [-0.15, -0.1) is 21.5 Å². The number of fused-ring (bicyclic) bond motifs is 1. The van der Waals surface area contributed by atoms with Crippen LogP contribution in [0.2, 0.25) is 0 Å². The van der Waals surface area contributed by atoms with Crippen molar-refractivity contribution in [1.82, 2.24) is 30.2 Å². The highest BCUT2D eigenvalue weighted by molar-refractivity contribution is 7.19. The Labute approximate surface area is 207 Å². The molecule has 0 saturated carbocycles. The van der Waals surface area contributed by atoms with E-state index < -0.39 is 0 Å². The van der Waals surface area contributed by atoms with Crippen LogP contribution in [0, 0.1) is 6.92 Å². The maximum Gasteiger partial charge on any atom is 0.271 e. The lowest BCUT2D eigenvalue weighted by Gasteiger charge is -2.13. The second kappa shape index (κ2) is 9.54. The van der Waals surface area contributed by atoms with Crippen molar-refractivity contribution in [2.24, 2.45) is 0 Å². The third-order valence-electron chi connectivity index (χ3n) is 6.26. The van der Waals surface area contributed by atoms with E-state index in [1.54, 1.807) is 11.3 Å². The van der Waals surface area contributed by atoms with E-state index in [2.05, 4.69) is 72.6 Å². The molecule has 0 saturated heterocycles. The molecule has 3 heterocycles. The lowest BCUT2D eigenvalue weighted by molar-refractivity contribution is 0.666. The minimum atomic E-state index is 0.0602. The Morgan fingerprint density at radius 1 is 1.06 bits per heavy atom. The summed E-state index contributed by atoms with van der Waals surface area (Å²) in [5.74, 6) is 1.79. The molecule has 0 bridgehead atoms. The van der Waals surface area contributed by atoms with Gasteiger partial charge in [-0.3, -0.25) is 9.36 Å². The first kappa shape index (κ1) is 23.1. The van der Waals surface area contributed by atoms with Gasteiger partial charge in [-0.05, 0) is 46.7 Å². The van der Waals surface area contributed by atoms with E-state index in [0.717, 1.165) is 56.7 Å². The fourth-order valence-corrected chi connectivity index (χ4v) is 5.74. The topological polar surface area (TPSA) is 89.4 Å². The fraction of sp³-hybridized carbons (Fsp3) is 0.296. The van der Waals surface area contributed by atoms with Crippen LogP contribution in [0.3, 0.4) is 0 Å². The summed E-state index contributed by atoms with van der Waals surface area (Å²) in [4.78, 5) is 19.8. The zero-order valence-corrected chi connectivity index (χ0v) is 21.2. The van der Waals surface area contributed by atoms with Crippen LogP contribution in [-0.2, 0) is 13.0 Å². The lowest BCUT2D eigenvalue weighted by Crippen LogP contribution is -2.25. The molecule has 0 atom stereocenters. The second-order valence-electron chi connectivity index (χ2n) is 9.07. The maximum atomic E-state index is 13.6. The van der Waals surface area contributed by atoms with Gasteiger partial charge in [0.25, 0.3) is 5.56 Å². The largest absolute Gasteiger partial charge is 0.291 e. The van der Waals surface area contributed by atoms with Gasteiger partial charge >= 0.3 is 0 Å². The lowest BCUT2D eigenvalue weighted by atomic mass is 9.98. The number of nitrogens with zero attached hydrogens (tertiary/aromatic N) is 5. The van der Waals surface area contributed by atoms with E-state index in [-0.39, 0.29) is 5.56 Å². The molecule has 0 radical (unpaired) electrons. The Balaban J connectivity index is 1.52. The number of aromatic amines is 1. The summed E-state index contributed by atoms with van der Waals surface area (Å²) in [5, 5.41) is 14.5. The Hall–Kier alpha value is -3.65. The Kier molecular flexibility index (Phi) is 6.30. The molecule has 0 aliphatic rings. The van der Waals surface area contributed by atoms with Crippen LogP contribution in [0.1, 0.15) is 54.9 Å². The van der Waals surface area contributed by atoms with Gasteiger partial charge < -0.3 is 0 Å². The number of hydrogen-bond donors (Lipinski definition) is 1. The maximum absolute atomic E-state index is 13.6. The molecular formula is C27H28N6OS. The minimum absolute atomic E-state index is 0.0602. The predicted molar refractivity (Wildman–Crippen MR) is 141 cm³/mol. The first-order valence-corrected chi connectivity index (χ1v) is 12.7. The van der Waals surface area contributed by atoms with Crippen LogP contribution in [-0.4, -0.2) is 30.2 Å². The van der Waals surface area contributed by atoms with E-state index >= 15 is 0 Å². The van der Waals surface area contributed by atoms with Gasteiger partial charge in [-0.1, -0.05) is 69.3 Å². The summed E-state index contributed by atoms with van der Waals surface area (Å²) in [5.41, 5.74) is 6.14. The number of thiophene rings is 1. The summed E-state index contributed by atoms with van der Waals surface area (Å²) >= 11 is 1.59. The fourth-order valence-electron chi connectivity index (χ4n) is 4.54. The van der Waals surface area contributed by atoms with E-state index in [4.69, 9.17) is 4.98 Å². The molecule has 35 heavy (non-hydrogen) atoms. The Morgan fingerprint density at radius 2 is 1.80 bits per heavy atom. The van der Waals surface area contributed by atoms with Crippen LogP contribution in [0.4, 0.5) is 0 Å². The smallest absolute Gasteiger partial charge is 0.271 e. The molecule has 5 aromatic rings. The summed E-state index contributed by atoms with van der Waals surface area (Å²) in [6.07, 6.45) is 1.71. The standard InChI is InChI=1S/C27H28N6OS/c1-5-8-22-28-23-17(4)24(16(2)3)35-25(23)27(34)33(22)15-18-11-13-19(14-12-18)20-9-6-7-10-21(20)26-29-31-32-30-26/h6-7,9-14,16H,5,8,15H2,1-4H3,(H,29,30,31,32). The molecule has 0 aliphatic carbocycles. The average molecular weight is 485 g/mol. The van der Waals surface area contributed by atoms with Crippen molar-refractivity contribution in [2.75, 3.05) is 0 Å². The van der Waals surface area contributed by atoms with Crippen molar-refractivity contribution in [3.63, 3.8) is 0 Å². The molecule has 8 heteroatoms. The molecule has 7 nitrogen and oxygen atoms in total. The van der Waals surface area contributed by atoms with E-state index in [9.17, 15) is 4.79 Å². The Bertz CT molecular complexity index is 1530. The molecular weight excluding hydrogens is 456 g/mol. The van der Waals surface area contributed by atoms with Gasteiger partial charge in [0.15, 0.2) is 0 Å². The zero-order chi connectivity index (χ0) is 24.5. The number of H-pyrrole nitrogens is 1. The van der Waals surface area contributed by atoms with Crippen LogP contribution in [0.15, 0.2) is 53.3 Å². The van der Waals surface area contributed by atoms with Crippen molar-refractivity contribution in [3.05, 3.63) is 80.7 Å². The SMILES string of the molecule is CCCc1nc2c(C)c(C(C)C)sc2c(=O)n1Cc1ccc(-c2ccccc2-c2nn[nH]n2)cc1. The van der Waals surface area contributed by atoms with Gasteiger partial charge in [0, 0.05) is 16.9 Å². The van der Waals surface area contributed by atoms with Crippen molar-refractivity contribution in [2.45, 2.75) is 53.0 Å². The molecule has 0 aliphatic heterocycles. The molecule has 0 spiro atoms. The molecule has 1 N–H and O–H groups in total. The van der Waals surface area contributed by atoms with Gasteiger partial charge in [0.05, 0.1) is 12.1 Å². The zero-order valence-electron chi connectivity index (χ0n) is 20.4. The molecule has 178 valence electrons. The summed E-state index contributed by atoms with van der Waals surface area (Å²) < 4.78 is 2.62. The van der Waals surface area contributed by atoms with E-state index in [0.29, 0.717) is 18.3 Å². The van der Waals surface area contributed by atoms with Crippen molar-refractivity contribution < 1.29 is 0 Å². The molecule has 5 rings (SSSR count). The predicted octanol–water partition coefficient (Wildman–Crippen LogP) is 5.74. The summed E-state index contributed by atoms with van der Waals surface area (Å²) in [7, 11) is 0. The third-order valence-corrected chi connectivity index (χ3v) is 7.83. The molecule has 2 aromatic carbocycles. The number of nitrogens with one attached hydrogen (secondary N) is 1. The quantitative estimate of drug-likeness (QED) is 0.318. The number of aromatic nitrogens is 6. The highest BCUT2D eigenvalue weighted by atomic mass is 32.1. The average Bonchev–Trinajstić information content (AvgIpc) is 3.51. The monoisotopic (exact) mass is 484 g/mol. The van der Waals surface area contributed by atoms with Gasteiger partial charge in [-0.25, -0.2) is 4.98 Å². The van der Waals surface area contributed by atoms with E-state index in [1.165, 1.54) is 4.88 Å². The van der Waals surface area contributed by atoms with E-state index in [1.807, 2.05) is 28.8 Å². The van der Waals surface area contributed by atoms with Crippen LogP contribution < -0.4 is 5.56 Å². The van der Waals surface area contributed by atoms with Crippen molar-refractivity contribution in [3.8, 4) is 22.5 Å². The number of benzene rings is 2. The van der Waals surface area contributed by atoms with Gasteiger partial charge in [0.1, 0.15) is 10.5 Å². The number of hydrogen-bond acceptors (Lipinski definition) is 6. The summed E-state index contributed by atoms with van der Waals surface area (Å²) in [6.45, 7) is 9.05. The molecule has 0 amide bonds. The molecule has 0 fully saturated rings.